The van der Waals surface area contributed by atoms with Crippen LogP contribution in [0.4, 0.5) is 0 Å². The van der Waals surface area contributed by atoms with E-state index in [1.54, 1.807) is 0 Å². The smallest absolute Gasteiger partial charge is 0.229 e. The van der Waals surface area contributed by atoms with Crippen molar-refractivity contribution in [3.8, 4) is 0 Å². The summed E-state index contributed by atoms with van der Waals surface area (Å²) in [6.07, 6.45) is 11.5. The molecule has 16 heavy (non-hydrogen) atoms. The molecular formula is C14H17ClO. The van der Waals surface area contributed by atoms with Gasteiger partial charge in [0, 0.05) is 5.41 Å². The fraction of sp³-hybridized carbons (Fsp3) is 0.500. The Morgan fingerprint density at radius 3 is 2.56 bits per heavy atom. The van der Waals surface area contributed by atoms with Crippen LogP contribution < -0.4 is 0 Å². The summed E-state index contributed by atoms with van der Waals surface area (Å²) in [6.45, 7) is 7.57. The molecule has 0 heterocycles. The average Bonchev–Trinajstić information content (AvgIpc) is 2.74. The van der Waals surface area contributed by atoms with E-state index < -0.39 is 5.41 Å². The normalized spacial score (nSPS) is 39.9. The molecule has 86 valence electrons. The van der Waals surface area contributed by atoms with Crippen LogP contribution in [0.2, 0.25) is 0 Å². The predicted octanol–water partition coefficient (Wildman–Crippen LogP) is 3.86. The third-order valence-corrected chi connectivity index (χ3v) is 4.62. The molecule has 3 unspecified atom stereocenters. The van der Waals surface area contributed by atoms with Crippen LogP contribution >= 0.6 is 11.6 Å². The fourth-order valence-corrected chi connectivity index (χ4v) is 3.91. The van der Waals surface area contributed by atoms with Crippen molar-refractivity contribution in [3.05, 3.63) is 37.5 Å². The summed E-state index contributed by atoms with van der Waals surface area (Å²) in [5.41, 5.74) is -0.545. The first-order valence-electron chi connectivity index (χ1n) is 5.71. The maximum Gasteiger partial charge on any atom is 0.229 e. The van der Waals surface area contributed by atoms with E-state index in [0.717, 1.165) is 19.3 Å². The van der Waals surface area contributed by atoms with Gasteiger partial charge in [-0.3, -0.25) is 4.79 Å². The standard InChI is InChI=1S/C14H17ClO/c1-3-6-13-8-5-11(9-13)10-14(13,7-4-2)12(15)16/h3-5,8,11H,1-2,6-7,9-10H2. The van der Waals surface area contributed by atoms with Gasteiger partial charge >= 0.3 is 0 Å². The van der Waals surface area contributed by atoms with Crippen LogP contribution in [0.1, 0.15) is 25.7 Å². The lowest BCUT2D eigenvalue weighted by atomic mass is 9.62. The van der Waals surface area contributed by atoms with E-state index in [1.807, 2.05) is 12.2 Å². The molecule has 1 nitrogen and oxygen atoms in total. The van der Waals surface area contributed by atoms with Crippen LogP contribution in [0.3, 0.4) is 0 Å². The molecular weight excluding hydrogens is 220 g/mol. The van der Waals surface area contributed by atoms with E-state index in [-0.39, 0.29) is 10.7 Å². The Hall–Kier alpha value is -0.820. The van der Waals surface area contributed by atoms with Crippen molar-refractivity contribution in [2.24, 2.45) is 16.7 Å². The number of fused-ring (bicyclic) bond motifs is 2. The summed E-state index contributed by atoms with van der Waals surface area (Å²) >= 11 is 5.88. The van der Waals surface area contributed by atoms with Crippen molar-refractivity contribution in [2.45, 2.75) is 25.7 Å². The maximum atomic E-state index is 11.9. The zero-order valence-electron chi connectivity index (χ0n) is 9.42. The lowest BCUT2D eigenvalue weighted by molar-refractivity contribution is -0.124. The number of halogens is 1. The molecule has 2 aliphatic carbocycles. The monoisotopic (exact) mass is 236 g/mol. The summed E-state index contributed by atoms with van der Waals surface area (Å²) in [6, 6.07) is 0. The van der Waals surface area contributed by atoms with Crippen molar-refractivity contribution < 1.29 is 4.79 Å². The van der Waals surface area contributed by atoms with Gasteiger partial charge in [-0.2, -0.15) is 0 Å². The van der Waals surface area contributed by atoms with E-state index in [1.165, 1.54) is 0 Å². The predicted molar refractivity (Wildman–Crippen MR) is 67.2 cm³/mol. The highest BCUT2D eigenvalue weighted by molar-refractivity contribution is 6.64. The molecule has 2 aliphatic rings. The highest BCUT2D eigenvalue weighted by atomic mass is 35.5. The Balaban J connectivity index is 2.45. The second-order valence-corrected chi connectivity index (χ2v) is 5.37. The zero-order chi connectivity index (χ0) is 11.8. The first kappa shape index (κ1) is 11.7. The highest BCUT2D eigenvalue weighted by Gasteiger charge is 2.60. The molecule has 0 radical (unpaired) electrons. The number of hydrogen-bond donors (Lipinski definition) is 0. The minimum atomic E-state index is -0.441. The van der Waals surface area contributed by atoms with Crippen molar-refractivity contribution >= 4 is 16.8 Å². The summed E-state index contributed by atoms with van der Waals surface area (Å²) in [5.74, 6) is 0.502. The first-order chi connectivity index (χ1) is 7.60. The summed E-state index contributed by atoms with van der Waals surface area (Å²) in [4.78, 5) is 11.9. The molecule has 0 N–H and O–H groups in total. The van der Waals surface area contributed by atoms with Gasteiger partial charge in [0.05, 0.1) is 5.41 Å². The largest absolute Gasteiger partial charge is 0.281 e. The van der Waals surface area contributed by atoms with Crippen molar-refractivity contribution in [1.29, 1.82) is 0 Å². The Kier molecular flexibility index (Phi) is 2.83. The molecule has 0 aromatic rings. The number of rotatable bonds is 5. The van der Waals surface area contributed by atoms with Crippen molar-refractivity contribution in [1.82, 2.24) is 0 Å². The van der Waals surface area contributed by atoms with Gasteiger partial charge in [-0.25, -0.2) is 0 Å². The van der Waals surface area contributed by atoms with Crippen LogP contribution in [0.25, 0.3) is 0 Å². The Labute approximate surface area is 102 Å². The Morgan fingerprint density at radius 1 is 1.38 bits per heavy atom. The molecule has 0 aromatic heterocycles. The number of carbonyl (C=O) groups excluding carboxylic acids is 1. The van der Waals surface area contributed by atoms with E-state index in [2.05, 4.69) is 25.3 Å². The molecule has 0 aliphatic heterocycles. The lowest BCUT2D eigenvalue weighted by Crippen LogP contribution is -2.40. The van der Waals surface area contributed by atoms with Gasteiger partial charge in [-0.15, -0.1) is 13.2 Å². The molecule has 2 heteroatoms. The minimum absolute atomic E-state index is 0.105. The van der Waals surface area contributed by atoms with Gasteiger partial charge in [-0.05, 0) is 43.2 Å². The quantitative estimate of drug-likeness (QED) is 0.523. The average molecular weight is 237 g/mol. The van der Waals surface area contributed by atoms with E-state index in [9.17, 15) is 4.79 Å². The molecule has 1 fully saturated rings. The van der Waals surface area contributed by atoms with Crippen molar-refractivity contribution in [3.63, 3.8) is 0 Å². The Bertz CT molecular complexity index is 371. The van der Waals surface area contributed by atoms with Gasteiger partial charge in [-0.1, -0.05) is 24.3 Å². The number of allylic oxidation sites excluding steroid dienone is 4. The number of hydrogen-bond acceptors (Lipinski definition) is 1. The number of carbonyl (C=O) groups is 1. The maximum absolute atomic E-state index is 11.9. The third-order valence-electron chi connectivity index (χ3n) is 4.26. The molecule has 1 saturated carbocycles. The molecule has 0 saturated heterocycles. The van der Waals surface area contributed by atoms with E-state index in [4.69, 9.17) is 11.6 Å². The van der Waals surface area contributed by atoms with Gasteiger partial charge in [0.2, 0.25) is 5.24 Å². The van der Waals surface area contributed by atoms with Crippen LogP contribution in [0.15, 0.2) is 37.5 Å². The third kappa shape index (κ3) is 1.34. The molecule has 3 atom stereocenters. The Morgan fingerprint density at radius 2 is 2.06 bits per heavy atom. The molecule has 0 aromatic carbocycles. The molecule has 0 spiro atoms. The molecule has 2 rings (SSSR count). The second-order valence-electron chi connectivity index (χ2n) is 5.02. The zero-order valence-corrected chi connectivity index (χ0v) is 10.2. The van der Waals surface area contributed by atoms with Crippen molar-refractivity contribution in [2.75, 3.05) is 0 Å². The van der Waals surface area contributed by atoms with E-state index in [0.29, 0.717) is 12.3 Å². The lowest BCUT2D eigenvalue weighted by Gasteiger charge is -2.41. The van der Waals surface area contributed by atoms with Gasteiger partial charge in [0.1, 0.15) is 0 Å². The van der Waals surface area contributed by atoms with Crippen LogP contribution in [0.5, 0.6) is 0 Å². The van der Waals surface area contributed by atoms with Gasteiger partial charge in [0.15, 0.2) is 0 Å². The van der Waals surface area contributed by atoms with Crippen LogP contribution in [0, 0.1) is 16.7 Å². The highest BCUT2D eigenvalue weighted by Crippen LogP contribution is 2.65. The molecule has 0 amide bonds. The summed E-state index contributed by atoms with van der Waals surface area (Å²) in [5, 5.41) is -0.207. The minimum Gasteiger partial charge on any atom is -0.281 e. The van der Waals surface area contributed by atoms with Gasteiger partial charge in [0.25, 0.3) is 0 Å². The van der Waals surface area contributed by atoms with Crippen LogP contribution in [-0.4, -0.2) is 5.24 Å². The topological polar surface area (TPSA) is 17.1 Å². The second kappa shape index (κ2) is 3.89. The molecule has 2 bridgehead atoms. The van der Waals surface area contributed by atoms with E-state index >= 15 is 0 Å². The summed E-state index contributed by atoms with van der Waals surface area (Å²) in [7, 11) is 0. The van der Waals surface area contributed by atoms with Crippen LogP contribution in [-0.2, 0) is 4.79 Å². The SMILES string of the molecule is C=CCC12C=CC(C1)CC2(CC=C)C(=O)Cl. The van der Waals surface area contributed by atoms with Gasteiger partial charge < -0.3 is 0 Å². The first-order valence-corrected chi connectivity index (χ1v) is 6.09. The fourth-order valence-electron chi connectivity index (χ4n) is 3.56. The summed E-state index contributed by atoms with van der Waals surface area (Å²) < 4.78 is 0.